The number of carbonyl (C=O) groups excluding carboxylic acids is 1. The molecule has 1 saturated carbocycles. The molecular weight excluding hydrogens is 242 g/mol. The van der Waals surface area contributed by atoms with E-state index in [0.29, 0.717) is 18.4 Å². The summed E-state index contributed by atoms with van der Waals surface area (Å²) in [6.07, 6.45) is 3.57. The van der Waals surface area contributed by atoms with Gasteiger partial charge < -0.3 is 10.4 Å². The molecule has 1 fully saturated rings. The van der Waals surface area contributed by atoms with Gasteiger partial charge in [-0.25, -0.2) is 4.79 Å². The van der Waals surface area contributed by atoms with Gasteiger partial charge in [-0.3, -0.25) is 4.79 Å². The number of nitrogens with one attached hydrogen (secondary N) is 1. The Balaban J connectivity index is 2.02. The highest BCUT2D eigenvalue weighted by Gasteiger charge is 2.24. The van der Waals surface area contributed by atoms with Gasteiger partial charge in [0.1, 0.15) is 0 Å². The zero-order valence-corrected chi connectivity index (χ0v) is 11.1. The molecule has 0 saturated heterocycles. The van der Waals surface area contributed by atoms with Crippen LogP contribution in [0.25, 0.3) is 0 Å². The summed E-state index contributed by atoms with van der Waals surface area (Å²) in [5, 5.41) is 11.9. The van der Waals surface area contributed by atoms with E-state index in [2.05, 4.69) is 12.2 Å². The average molecular weight is 261 g/mol. The van der Waals surface area contributed by atoms with Gasteiger partial charge in [-0.05, 0) is 30.4 Å². The number of rotatable bonds is 4. The highest BCUT2D eigenvalue weighted by Crippen LogP contribution is 2.30. The standard InChI is InChI=1S/C15H19NO3/c1-10-5-4-6-11(10)9-16-14(17)12-7-2-3-8-13(12)15(18)19/h2-3,7-8,10-11H,4-6,9H2,1H3,(H,16,17)(H,18,19). The van der Waals surface area contributed by atoms with Crippen molar-refractivity contribution in [2.75, 3.05) is 6.54 Å². The number of benzene rings is 1. The van der Waals surface area contributed by atoms with Crippen molar-refractivity contribution in [2.24, 2.45) is 11.8 Å². The van der Waals surface area contributed by atoms with E-state index >= 15 is 0 Å². The number of hydrogen-bond donors (Lipinski definition) is 2. The van der Waals surface area contributed by atoms with Crippen molar-refractivity contribution in [2.45, 2.75) is 26.2 Å². The molecule has 1 amide bonds. The third kappa shape index (κ3) is 3.13. The summed E-state index contributed by atoms with van der Waals surface area (Å²) in [6, 6.07) is 6.31. The summed E-state index contributed by atoms with van der Waals surface area (Å²) in [5.74, 6) is -0.215. The molecule has 1 aliphatic rings. The van der Waals surface area contributed by atoms with E-state index < -0.39 is 5.97 Å². The molecule has 0 radical (unpaired) electrons. The summed E-state index contributed by atoms with van der Waals surface area (Å²) in [5.41, 5.74) is 0.292. The minimum absolute atomic E-state index is 0.0551. The molecule has 0 spiro atoms. The van der Waals surface area contributed by atoms with Crippen molar-refractivity contribution >= 4 is 11.9 Å². The molecule has 2 unspecified atom stereocenters. The maximum Gasteiger partial charge on any atom is 0.336 e. The summed E-state index contributed by atoms with van der Waals surface area (Å²) in [7, 11) is 0. The molecule has 1 aliphatic carbocycles. The van der Waals surface area contributed by atoms with Gasteiger partial charge in [-0.15, -0.1) is 0 Å². The first-order chi connectivity index (χ1) is 9.09. The van der Waals surface area contributed by atoms with Crippen LogP contribution in [-0.4, -0.2) is 23.5 Å². The zero-order valence-electron chi connectivity index (χ0n) is 11.1. The predicted octanol–water partition coefficient (Wildman–Crippen LogP) is 2.55. The van der Waals surface area contributed by atoms with E-state index in [-0.39, 0.29) is 17.0 Å². The molecular formula is C15H19NO3. The number of amides is 1. The van der Waals surface area contributed by atoms with E-state index in [9.17, 15) is 9.59 Å². The highest BCUT2D eigenvalue weighted by atomic mass is 16.4. The minimum Gasteiger partial charge on any atom is -0.478 e. The molecule has 19 heavy (non-hydrogen) atoms. The monoisotopic (exact) mass is 261 g/mol. The third-order valence-corrected chi connectivity index (χ3v) is 3.97. The van der Waals surface area contributed by atoms with Gasteiger partial charge in [0.05, 0.1) is 11.1 Å². The molecule has 0 heterocycles. The molecule has 0 bridgehead atoms. The van der Waals surface area contributed by atoms with Crippen LogP contribution < -0.4 is 5.32 Å². The largest absolute Gasteiger partial charge is 0.478 e. The van der Waals surface area contributed by atoms with Crippen molar-refractivity contribution in [3.05, 3.63) is 35.4 Å². The molecule has 4 heteroatoms. The van der Waals surface area contributed by atoms with Crippen LogP contribution in [0.1, 0.15) is 46.9 Å². The van der Waals surface area contributed by atoms with Crippen molar-refractivity contribution in [1.82, 2.24) is 5.32 Å². The average Bonchev–Trinajstić information content (AvgIpc) is 2.81. The van der Waals surface area contributed by atoms with Gasteiger partial charge in [0.25, 0.3) is 5.91 Å². The third-order valence-electron chi connectivity index (χ3n) is 3.97. The van der Waals surface area contributed by atoms with Crippen LogP contribution in [0.5, 0.6) is 0 Å². The molecule has 1 aromatic rings. The molecule has 1 aromatic carbocycles. The van der Waals surface area contributed by atoms with Gasteiger partial charge in [0.2, 0.25) is 0 Å². The first-order valence-corrected chi connectivity index (χ1v) is 6.70. The first kappa shape index (κ1) is 13.6. The van der Waals surface area contributed by atoms with E-state index in [1.807, 2.05) is 0 Å². The number of carbonyl (C=O) groups is 2. The van der Waals surface area contributed by atoms with Crippen LogP contribution >= 0.6 is 0 Å². The van der Waals surface area contributed by atoms with Crippen molar-refractivity contribution in [3.8, 4) is 0 Å². The fourth-order valence-corrected chi connectivity index (χ4v) is 2.71. The smallest absolute Gasteiger partial charge is 0.336 e. The lowest BCUT2D eigenvalue weighted by Crippen LogP contribution is -2.31. The van der Waals surface area contributed by atoms with Crippen LogP contribution in [0, 0.1) is 11.8 Å². The molecule has 2 rings (SSSR count). The quantitative estimate of drug-likeness (QED) is 0.875. The summed E-state index contributed by atoms with van der Waals surface area (Å²) >= 11 is 0. The van der Waals surface area contributed by atoms with Gasteiger partial charge in [-0.1, -0.05) is 31.9 Å². The van der Waals surface area contributed by atoms with Crippen LogP contribution in [0.4, 0.5) is 0 Å². The predicted molar refractivity (Wildman–Crippen MR) is 72.2 cm³/mol. The summed E-state index contributed by atoms with van der Waals surface area (Å²) in [6.45, 7) is 2.84. The van der Waals surface area contributed by atoms with Crippen molar-refractivity contribution < 1.29 is 14.7 Å². The molecule has 0 aromatic heterocycles. The molecule has 4 nitrogen and oxygen atoms in total. The van der Waals surface area contributed by atoms with Crippen molar-refractivity contribution in [3.63, 3.8) is 0 Å². The summed E-state index contributed by atoms with van der Waals surface area (Å²) < 4.78 is 0. The van der Waals surface area contributed by atoms with Crippen molar-refractivity contribution in [1.29, 1.82) is 0 Å². The van der Waals surface area contributed by atoms with Gasteiger partial charge in [-0.2, -0.15) is 0 Å². The Labute approximate surface area is 112 Å². The number of carboxylic acids is 1. The van der Waals surface area contributed by atoms with Crippen LogP contribution in [0.15, 0.2) is 24.3 Å². The highest BCUT2D eigenvalue weighted by molar-refractivity contribution is 6.04. The Bertz CT molecular complexity index is 484. The topological polar surface area (TPSA) is 66.4 Å². The number of aromatic carboxylic acids is 1. The lowest BCUT2D eigenvalue weighted by atomic mass is 9.98. The maximum atomic E-state index is 12.1. The minimum atomic E-state index is -1.07. The normalized spacial score (nSPS) is 22.2. The van der Waals surface area contributed by atoms with E-state index in [1.165, 1.54) is 18.9 Å². The summed E-state index contributed by atoms with van der Waals surface area (Å²) in [4.78, 5) is 23.1. The van der Waals surface area contributed by atoms with Gasteiger partial charge in [0, 0.05) is 6.54 Å². The Morgan fingerprint density at radius 2 is 1.95 bits per heavy atom. The lowest BCUT2D eigenvalue weighted by molar-refractivity contribution is 0.0690. The Morgan fingerprint density at radius 1 is 1.26 bits per heavy atom. The van der Waals surface area contributed by atoms with Gasteiger partial charge in [0.15, 0.2) is 0 Å². The van der Waals surface area contributed by atoms with Gasteiger partial charge >= 0.3 is 5.97 Å². The fraction of sp³-hybridized carbons (Fsp3) is 0.467. The SMILES string of the molecule is CC1CCCC1CNC(=O)c1ccccc1C(=O)O. The van der Waals surface area contributed by atoms with E-state index in [0.717, 1.165) is 6.42 Å². The molecule has 0 aliphatic heterocycles. The second kappa shape index (κ2) is 5.87. The number of carboxylic acid groups (broad SMARTS) is 1. The lowest BCUT2D eigenvalue weighted by Gasteiger charge is -2.16. The number of hydrogen-bond acceptors (Lipinski definition) is 2. The van der Waals surface area contributed by atoms with E-state index in [1.54, 1.807) is 18.2 Å². The molecule has 102 valence electrons. The van der Waals surface area contributed by atoms with Crippen LogP contribution in [-0.2, 0) is 0 Å². The van der Waals surface area contributed by atoms with Crippen LogP contribution in [0.3, 0.4) is 0 Å². The zero-order chi connectivity index (χ0) is 13.8. The van der Waals surface area contributed by atoms with E-state index in [4.69, 9.17) is 5.11 Å². The second-order valence-corrected chi connectivity index (χ2v) is 5.23. The molecule has 2 N–H and O–H groups in total. The second-order valence-electron chi connectivity index (χ2n) is 5.23. The Kier molecular flexibility index (Phi) is 4.20. The Hall–Kier alpha value is -1.84. The maximum absolute atomic E-state index is 12.1. The Morgan fingerprint density at radius 3 is 2.53 bits per heavy atom. The first-order valence-electron chi connectivity index (χ1n) is 6.70. The van der Waals surface area contributed by atoms with Crippen LogP contribution in [0.2, 0.25) is 0 Å². The fourth-order valence-electron chi connectivity index (χ4n) is 2.71. The molecule has 2 atom stereocenters.